The summed E-state index contributed by atoms with van der Waals surface area (Å²) in [6, 6.07) is 6.83. The van der Waals surface area contributed by atoms with Gasteiger partial charge in [0.25, 0.3) is 10.0 Å². The molecule has 1 aliphatic heterocycles. The zero-order valence-corrected chi connectivity index (χ0v) is 15.3. The summed E-state index contributed by atoms with van der Waals surface area (Å²) in [5.74, 6) is -2.09. The number of carbonyl (C=O) groups is 1. The van der Waals surface area contributed by atoms with E-state index in [1.165, 1.54) is 13.8 Å². The molecule has 0 bridgehead atoms. The number of halogens is 2. The van der Waals surface area contributed by atoms with Crippen LogP contribution in [0.5, 0.6) is 0 Å². The molecule has 1 N–H and O–H groups in total. The van der Waals surface area contributed by atoms with Gasteiger partial charge in [-0.2, -0.15) is 13.5 Å². The van der Waals surface area contributed by atoms with E-state index >= 15 is 0 Å². The van der Waals surface area contributed by atoms with Crippen LogP contribution >= 0.6 is 0 Å². The SMILES string of the molecule is CC(C)OC(=O)C(F)(F)S(=O)(=O)NC12CCCCC1=Nc1ccccc12. The lowest BCUT2D eigenvalue weighted by Crippen LogP contribution is -2.57. The summed E-state index contributed by atoms with van der Waals surface area (Å²) >= 11 is 0. The minimum absolute atomic E-state index is 0.303. The fourth-order valence-electron chi connectivity index (χ4n) is 3.41. The fourth-order valence-corrected chi connectivity index (χ4v) is 4.59. The van der Waals surface area contributed by atoms with Gasteiger partial charge < -0.3 is 4.74 Å². The van der Waals surface area contributed by atoms with E-state index in [1.54, 1.807) is 24.3 Å². The van der Waals surface area contributed by atoms with Crippen LogP contribution in [0, 0.1) is 0 Å². The molecule has 6 nitrogen and oxygen atoms in total. The molecule has 1 aromatic rings. The third-order valence-electron chi connectivity index (χ3n) is 4.55. The van der Waals surface area contributed by atoms with E-state index in [4.69, 9.17) is 0 Å². The molecule has 0 amide bonds. The van der Waals surface area contributed by atoms with E-state index in [9.17, 15) is 22.0 Å². The van der Waals surface area contributed by atoms with Crippen molar-refractivity contribution < 1.29 is 26.7 Å². The highest BCUT2D eigenvalue weighted by molar-refractivity contribution is 7.91. The average Bonchev–Trinajstić information content (AvgIpc) is 2.87. The zero-order chi connectivity index (χ0) is 19.2. The molecule has 142 valence electrons. The first-order chi connectivity index (χ1) is 12.1. The summed E-state index contributed by atoms with van der Waals surface area (Å²) in [6.45, 7) is 2.73. The molecule has 2 aliphatic rings. The van der Waals surface area contributed by atoms with Gasteiger partial charge in [0.2, 0.25) is 0 Å². The van der Waals surface area contributed by atoms with E-state index in [0.29, 0.717) is 36.2 Å². The van der Waals surface area contributed by atoms with Crippen molar-refractivity contribution in [3.05, 3.63) is 29.8 Å². The number of nitrogens with zero attached hydrogens (tertiary/aromatic N) is 1. The lowest BCUT2D eigenvalue weighted by atomic mass is 9.77. The van der Waals surface area contributed by atoms with Gasteiger partial charge in [0, 0.05) is 11.3 Å². The van der Waals surface area contributed by atoms with Crippen LogP contribution in [0.4, 0.5) is 14.5 Å². The Labute approximate surface area is 150 Å². The van der Waals surface area contributed by atoms with E-state index in [2.05, 4.69) is 14.5 Å². The molecule has 3 rings (SSSR count). The topological polar surface area (TPSA) is 84.8 Å². The molecule has 1 aliphatic carbocycles. The molecule has 0 saturated heterocycles. The van der Waals surface area contributed by atoms with E-state index in [-0.39, 0.29) is 0 Å². The molecule has 1 atom stereocenters. The molecular weight excluding hydrogens is 366 g/mol. The first-order valence-electron chi connectivity index (χ1n) is 8.40. The highest BCUT2D eigenvalue weighted by atomic mass is 32.2. The number of fused-ring (bicyclic) bond motifs is 3. The van der Waals surface area contributed by atoms with Gasteiger partial charge in [-0.25, -0.2) is 13.2 Å². The van der Waals surface area contributed by atoms with Crippen molar-refractivity contribution in [1.82, 2.24) is 4.72 Å². The van der Waals surface area contributed by atoms with Gasteiger partial charge >= 0.3 is 11.2 Å². The van der Waals surface area contributed by atoms with Gasteiger partial charge in [0.15, 0.2) is 0 Å². The van der Waals surface area contributed by atoms with Crippen LogP contribution in [0.3, 0.4) is 0 Å². The molecule has 26 heavy (non-hydrogen) atoms. The number of benzene rings is 1. The Kier molecular flexibility index (Phi) is 4.64. The Bertz CT molecular complexity index is 867. The Balaban J connectivity index is 2.00. The summed E-state index contributed by atoms with van der Waals surface area (Å²) in [5.41, 5.74) is 0.253. The molecular formula is C17H20F2N2O4S. The Hall–Kier alpha value is -1.87. The first kappa shape index (κ1) is 18.9. The van der Waals surface area contributed by atoms with Gasteiger partial charge in [-0.15, -0.1) is 0 Å². The van der Waals surface area contributed by atoms with Crippen LogP contribution in [0.2, 0.25) is 0 Å². The second kappa shape index (κ2) is 6.38. The molecule has 1 unspecified atom stereocenters. The summed E-state index contributed by atoms with van der Waals surface area (Å²) in [5, 5.41) is -4.70. The maximum atomic E-state index is 14.4. The summed E-state index contributed by atoms with van der Waals surface area (Å²) in [4.78, 5) is 16.1. The van der Waals surface area contributed by atoms with Crippen LogP contribution in [0.15, 0.2) is 29.3 Å². The highest BCUT2D eigenvalue weighted by Gasteiger charge is 2.59. The van der Waals surface area contributed by atoms with Gasteiger partial charge in [0.1, 0.15) is 0 Å². The summed E-state index contributed by atoms with van der Waals surface area (Å²) < 4.78 is 60.2. The summed E-state index contributed by atoms with van der Waals surface area (Å²) in [6.07, 6.45) is 1.39. The number of rotatable bonds is 5. The first-order valence-corrected chi connectivity index (χ1v) is 9.88. The molecule has 1 aromatic carbocycles. The maximum Gasteiger partial charge on any atom is 0.454 e. The van der Waals surface area contributed by atoms with Crippen LogP contribution in [-0.2, 0) is 25.1 Å². The number of ether oxygens (including phenoxy) is 1. The molecule has 0 aromatic heterocycles. The molecule has 0 spiro atoms. The maximum absolute atomic E-state index is 14.4. The predicted octanol–water partition coefficient (Wildman–Crippen LogP) is 3.01. The van der Waals surface area contributed by atoms with Crippen molar-refractivity contribution in [3.8, 4) is 0 Å². The van der Waals surface area contributed by atoms with Gasteiger partial charge in [-0.05, 0) is 39.2 Å². The number of sulfonamides is 1. The molecule has 0 radical (unpaired) electrons. The zero-order valence-electron chi connectivity index (χ0n) is 14.5. The Morgan fingerprint density at radius 1 is 1.31 bits per heavy atom. The minimum atomic E-state index is -5.35. The normalized spacial score (nSPS) is 22.6. The van der Waals surface area contributed by atoms with Gasteiger partial charge in [-0.1, -0.05) is 24.6 Å². The van der Waals surface area contributed by atoms with Crippen molar-refractivity contribution in [1.29, 1.82) is 0 Å². The number of hydrogen-bond acceptors (Lipinski definition) is 5. The number of aliphatic imine (C=N–C) groups is 1. The number of carbonyl (C=O) groups excluding carboxylic acids is 1. The molecule has 1 fully saturated rings. The van der Waals surface area contributed by atoms with E-state index in [1.807, 2.05) is 0 Å². The molecule has 1 heterocycles. The van der Waals surface area contributed by atoms with Crippen molar-refractivity contribution >= 4 is 27.4 Å². The smallest absolute Gasteiger partial charge is 0.454 e. The van der Waals surface area contributed by atoms with E-state index < -0.39 is 32.9 Å². The monoisotopic (exact) mass is 386 g/mol. The van der Waals surface area contributed by atoms with Crippen LogP contribution in [0.1, 0.15) is 45.1 Å². The lowest BCUT2D eigenvalue weighted by molar-refractivity contribution is -0.164. The Morgan fingerprint density at radius 3 is 2.69 bits per heavy atom. The fraction of sp³-hybridized carbons (Fsp3) is 0.529. The second-order valence-corrected chi connectivity index (χ2v) is 8.49. The van der Waals surface area contributed by atoms with Crippen LogP contribution in [0.25, 0.3) is 0 Å². The third-order valence-corrected chi connectivity index (χ3v) is 6.01. The second-order valence-electron chi connectivity index (χ2n) is 6.76. The van der Waals surface area contributed by atoms with E-state index in [0.717, 1.165) is 6.42 Å². The highest BCUT2D eigenvalue weighted by Crippen LogP contribution is 2.46. The number of alkyl halides is 2. The minimum Gasteiger partial charge on any atom is -0.458 e. The molecule has 1 saturated carbocycles. The quantitative estimate of drug-likeness (QED) is 0.789. The number of nitrogens with one attached hydrogen (secondary N) is 1. The number of para-hydroxylation sites is 1. The van der Waals surface area contributed by atoms with Gasteiger partial charge in [0.05, 0.1) is 17.3 Å². The van der Waals surface area contributed by atoms with Crippen molar-refractivity contribution in [2.24, 2.45) is 4.99 Å². The standard InChI is InChI=1S/C17H20F2N2O4S/c1-11(2)25-15(22)17(18,19)26(23,24)21-16-10-6-5-9-14(16)20-13-8-4-3-7-12(13)16/h3-4,7-8,11,21H,5-6,9-10H2,1-2H3. The van der Waals surface area contributed by atoms with Crippen molar-refractivity contribution in [2.75, 3.05) is 0 Å². The van der Waals surface area contributed by atoms with Crippen molar-refractivity contribution in [2.45, 2.75) is 56.4 Å². The largest absolute Gasteiger partial charge is 0.458 e. The number of hydrogen-bond donors (Lipinski definition) is 1. The summed E-state index contributed by atoms with van der Waals surface area (Å²) in [7, 11) is -5.35. The third kappa shape index (κ3) is 2.92. The molecule has 9 heteroatoms. The van der Waals surface area contributed by atoms with Crippen molar-refractivity contribution in [3.63, 3.8) is 0 Å². The van der Waals surface area contributed by atoms with Crippen LogP contribution in [-0.4, -0.2) is 31.5 Å². The number of esters is 1. The Morgan fingerprint density at radius 2 is 2.00 bits per heavy atom. The lowest BCUT2D eigenvalue weighted by Gasteiger charge is -2.37. The van der Waals surface area contributed by atoms with Crippen LogP contribution < -0.4 is 4.72 Å². The predicted molar refractivity (Wildman–Crippen MR) is 91.9 cm³/mol. The average molecular weight is 386 g/mol. The van der Waals surface area contributed by atoms with Gasteiger partial charge in [-0.3, -0.25) is 4.99 Å².